The maximum absolute atomic E-state index is 11.7. The van der Waals surface area contributed by atoms with Gasteiger partial charge in [0.1, 0.15) is 0 Å². The summed E-state index contributed by atoms with van der Waals surface area (Å²) >= 11 is 0. The third kappa shape index (κ3) is 3.56. The lowest BCUT2D eigenvalue weighted by atomic mass is 9.31. The molecular weight excluding hydrogens is 408 g/mol. The summed E-state index contributed by atoms with van der Waals surface area (Å²) in [6.07, 6.45) is 11.8. The van der Waals surface area contributed by atoms with Gasteiger partial charge in [0.05, 0.1) is 0 Å². The zero-order valence-corrected chi connectivity index (χ0v) is 22.9. The summed E-state index contributed by atoms with van der Waals surface area (Å²) in [7, 11) is 0. The molecule has 4 aliphatic rings. The molecule has 0 radical (unpaired) electrons. The second kappa shape index (κ2) is 7.71. The smallest absolute Gasteiger partial charge is 0.332 e. The molecule has 0 aromatic heterocycles. The number of carbonyl (C=O) groups is 1. The van der Waals surface area contributed by atoms with Crippen molar-refractivity contribution in [2.45, 2.75) is 132 Å². The highest BCUT2D eigenvalue weighted by Crippen LogP contribution is 2.77. The van der Waals surface area contributed by atoms with Crippen LogP contribution in [0.25, 0.3) is 0 Å². The molecule has 3 heteroatoms. The van der Waals surface area contributed by atoms with Gasteiger partial charge >= 0.3 is 5.97 Å². The molecule has 0 spiro atoms. The number of carboxylic acid groups (broad SMARTS) is 1. The first-order chi connectivity index (χ1) is 15.1. The molecule has 0 saturated heterocycles. The Kier molecular flexibility index (Phi) is 5.96. The van der Waals surface area contributed by atoms with Crippen molar-refractivity contribution in [2.24, 2.45) is 50.2 Å². The Morgan fingerprint density at radius 2 is 1.42 bits per heavy atom. The molecule has 0 bridgehead atoms. The van der Waals surface area contributed by atoms with E-state index in [1.807, 2.05) is 0 Å². The fraction of sp³-hybridized carbons (Fsp3) is 0.967. The fourth-order valence-corrected chi connectivity index (χ4v) is 10.5. The quantitative estimate of drug-likeness (QED) is 0.452. The number of aliphatic hydroxyl groups excluding tert-OH is 1. The second-order valence-electron chi connectivity index (χ2n) is 15.2. The van der Waals surface area contributed by atoms with Gasteiger partial charge in [-0.15, -0.1) is 0 Å². The molecule has 0 aliphatic heterocycles. The van der Waals surface area contributed by atoms with Crippen LogP contribution in [0, 0.1) is 50.2 Å². The van der Waals surface area contributed by atoms with Crippen molar-refractivity contribution in [3.63, 3.8) is 0 Å². The number of rotatable bonds is 4. The van der Waals surface area contributed by atoms with Crippen molar-refractivity contribution < 1.29 is 15.0 Å². The van der Waals surface area contributed by atoms with Gasteiger partial charge in [0, 0.05) is 0 Å². The van der Waals surface area contributed by atoms with Gasteiger partial charge in [0.2, 0.25) is 0 Å². The number of hydrogen-bond acceptors (Lipinski definition) is 2. The van der Waals surface area contributed by atoms with Gasteiger partial charge in [0.25, 0.3) is 0 Å². The molecule has 0 unspecified atom stereocenters. The molecular formula is C30H52O3. The first-order valence-corrected chi connectivity index (χ1v) is 14.0. The minimum absolute atomic E-state index is 0.103. The molecule has 0 heterocycles. The maximum atomic E-state index is 11.7. The summed E-state index contributed by atoms with van der Waals surface area (Å²) in [5.41, 5.74) is 1.76. The van der Waals surface area contributed by atoms with Crippen LogP contribution in [0.3, 0.4) is 0 Å². The first kappa shape index (κ1) is 25.5. The van der Waals surface area contributed by atoms with Crippen LogP contribution in [0.15, 0.2) is 0 Å². The molecule has 0 aromatic carbocycles. The van der Waals surface area contributed by atoms with Gasteiger partial charge in [-0.05, 0) is 114 Å². The molecule has 2 N–H and O–H groups in total. The number of aliphatic carboxylic acids is 1. The molecule has 4 aliphatic carbocycles. The van der Waals surface area contributed by atoms with Crippen molar-refractivity contribution in [3.05, 3.63) is 0 Å². The third-order valence-electron chi connectivity index (χ3n) is 13.2. The topological polar surface area (TPSA) is 57.5 Å². The molecule has 0 amide bonds. The van der Waals surface area contributed by atoms with Crippen molar-refractivity contribution in [1.29, 1.82) is 0 Å². The standard InChI is InChI=1S/C30H52O3/c1-9-26(4)11-10-21-28(6,22(26)18-20(31)24(32)33)15-17-30(8)23-19-25(2,3)12-13-27(23,5)14-16-29(21,30)7/h20-23,31H,9-19H2,1-8H3,(H,32,33)/t20-,21+,22-,23-,26+,27-,28-,29-,30+/m1/s1. The van der Waals surface area contributed by atoms with E-state index in [-0.39, 0.29) is 16.7 Å². The monoisotopic (exact) mass is 460 g/mol. The summed E-state index contributed by atoms with van der Waals surface area (Å²) < 4.78 is 0. The fourth-order valence-electron chi connectivity index (χ4n) is 10.5. The van der Waals surface area contributed by atoms with Crippen molar-refractivity contribution >= 4 is 5.97 Å². The normalized spacial score (nSPS) is 52.2. The highest BCUT2D eigenvalue weighted by molar-refractivity contribution is 5.71. The Labute approximate surface area is 203 Å². The zero-order chi connectivity index (χ0) is 24.7. The van der Waals surface area contributed by atoms with Crippen molar-refractivity contribution in [1.82, 2.24) is 0 Å². The van der Waals surface area contributed by atoms with Gasteiger partial charge in [0.15, 0.2) is 6.10 Å². The second-order valence-corrected chi connectivity index (χ2v) is 15.2. The summed E-state index contributed by atoms with van der Waals surface area (Å²) in [4.78, 5) is 11.7. The lowest BCUT2D eigenvalue weighted by Crippen LogP contribution is -2.66. The predicted octanol–water partition coefficient (Wildman–Crippen LogP) is 7.70. The van der Waals surface area contributed by atoms with Crippen molar-refractivity contribution in [3.8, 4) is 0 Å². The third-order valence-corrected chi connectivity index (χ3v) is 13.2. The van der Waals surface area contributed by atoms with E-state index in [0.717, 1.165) is 12.3 Å². The van der Waals surface area contributed by atoms with E-state index in [4.69, 9.17) is 0 Å². The van der Waals surface area contributed by atoms with Gasteiger partial charge in [-0.25, -0.2) is 4.79 Å². The lowest BCUT2D eigenvalue weighted by Gasteiger charge is -2.74. The molecule has 4 saturated carbocycles. The Hall–Kier alpha value is -0.570. The predicted molar refractivity (Wildman–Crippen MR) is 135 cm³/mol. The van der Waals surface area contributed by atoms with Crippen LogP contribution in [0.2, 0.25) is 0 Å². The molecule has 4 fully saturated rings. The van der Waals surface area contributed by atoms with E-state index in [1.165, 1.54) is 57.8 Å². The average Bonchev–Trinajstić information content (AvgIpc) is 2.73. The minimum atomic E-state index is -1.24. The van der Waals surface area contributed by atoms with Crippen LogP contribution in [0.4, 0.5) is 0 Å². The summed E-state index contributed by atoms with van der Waals surface area (Å²) in [5.74, 6) is 0.602. The summed E-state index contributed by atoms with van der Waals surface area (Å²) in [6, 6.07) is 0. The largest absolute Gasteiger partial charge is 0.479 e. The van der Waals surface area contributed by atoms with Crippen LogP contribution in [0.1, 0.15) is 126 Å². The van der Waals surface area contributed by atoms with E-state index >= 15 is 0 Å². The van der Waals surface area contributed by atoms with Gasteiger partial charge in [-0.1, -0.05) is 61.8 Å². The lowest BCUT2D eigenvalue weighted by molar-refractivity contribution is -0.253. The average molecular weight is 461 g/mol. The molecule has 3 nitrogen and oxygen atoms in total. The Morgan fingerprint density at radius 1 is 0.848 bits per heavy atom. The minimum Gasteiger partial charge on any atom is -0.479 e. The maximum Gasteiger partial charge on any atom is 0.332 e. The Bertz CT molecular complexity index is 789. The van der Waals surface area contributed by atoms with E-state index in [2.05, 4.69) is 55.4 Å². The van der Waals surface area contributed by atoms with E-state index in [0.29, 0.717) is 34.0 Å². The Morgan fingerprint density at radius 3 is 2.03 bits per heavy atom. The van der Waals surface area contributed by atoms with Crippen LogP contribution in [-0.4, -0.2) is 22.3 Å². The number of hydrogen-bond donors (Lipinski definition) is 2. The molecule has 9 atom stereocenters. The zero-order valence-electron chi connectivity index (χ0n) is 22.9. The molecule has 0 aromatic rings. The summed E-state index contributed by atoms with van der Waals surface area (Å²) in [6.45, 7) is 20.0. The van der Waals surface area contributed by atoms with E-state index < -0.39 is 12.1 Å². The molecule has 4 rings (SSSR count). The SMILES string of the molecule is CC[C@@]1(C)CC[C@H]2[C@@](C)(CC[C@@]3(C)[C@@H]4CC(C)(C)CC[C@]4(C)CC[C@]23C)[C@@H]1C[C@@H](O)C(=O)O. The van der Waals surface area contributed by atoms with E-state index in [1.54, 1.807) is 0 Å². The highest BCUT2D eigenvalue weighted by Gasteiger charge is 2.69. The number of fused-ring (bicyclic) bond motifs is 5. The van der Waals surface area contributed by atoms with Gasteiger partial charge in [-0.2, -0.15) is 0 Å². The number of carboxylic acids is 1. The van der Waals surface area contributed by atoms with Crippen LogP contribution in [-0.2, 0) is 4.79 Å². The van der Waals surface area contributed by atoms with Gasteiger partial charge in [-0.3, -0.25) is 0 Å². The van der Waals surface area contributed by atoms with Crippen molar-refractivity contribution in [2.75, 3.05) is 0 Å². The van der Waals surface area contributed by atoms with Crippen LogP contribution in [0.5, 0.6) is 0 Å². The molecule has 33 heavy (non-hydrogen) atoms. The first-order valence-electron chi connectivity index (χ1n) is 14.0. The van der Waals surface area contributed by atoms with Crippen LogP contribution < -0.4 is 0 Å². The number of aliphatic hydroxyl groups is 1. The van der Waals surface area contributed by atoms with Gasteiger partial charge < -0.3 is 10.2 Å². The summed E-state index contributed by atoms with van der Waals surface area (Å²) in [5, 5.41) is 20.1. The van der Waals surface area contributed by atoms with E-state index in [9.17, 15) is 15.0 Å². The van der Waals surface area contributed by atoms with Crippen LogP contribution >= 0.6 is 0 Å². The molecule has 190 valence electrons. The Balaban J connectivity index is 1.75. The highest BCUT2D eigenvalue weighted by atomic mass is 16.4.